The number of nitrogens with one attached hydrogen (secondary N) is 1. The van der Waals surface area contributed by atoms with Crippen LogP contribution in [0.1, 0.15) is 24.0 Å². The highest BCUT2D eigenvalue weighted by atomic mass is 16.6. The normalized spacial score (nSPS) is 22.2. The second-order valence-corrected chi connectivity index (χ2v) is 6.36. The monoisotopic (exact) mass is 350 g/mol. The highest BCUT2D eigenvalue weighted by molar-refractivity contribution is 6.04. The summed E-state index contributed by atoms with van der Waals surface area (Å²) in [4.78, 5) is 35.5. The van der Waals surface area contributed by atoms with E-state index in [1.807, 2.05) is 36.4 Å². The molecule has 0 saturated carbocycles. The molecule has 2 aliphatic heterocycles. The largest absolute Gasteiger partial charge is 0.392 e. The summed E-state index contributed by atoms with van der Waals surface area (Å²) in [7, 11) is 0. The van der Waals surface area contributed by atoms with Crippen LogP contribution in [0, 0.1) is 0 Å². The summed E-state index contributed by atoms with van der Waals surface area (Å²) in [5.41, 5.74) is 2.68. The Morgan fingerprint density at radius 3 is 2.77 bits per heavy atom. The molecule has 2 aliphatic rings. The smallest absolute Gasteiger partial charge is 0.325 e. The minimum atomic E-state index is -0.588. The third kappa shape index (κ3) is 3.28. The Bertz CT molecular complexity index is 838. The van der Waals surface area contributed by atoms with Gasteiger partial charge in [-0.25, -0.2) is 4.79 Å². The van der Waals surface area contributed by atoms with Gasteiger partial charge in [-0.2, -0.15) is 0 Å². The lowest BCUT2D eigenvalue weighted by Crippen LogP contribution is -2.33. The molecule has 0 radical (unpaired) electrons. The van der Waals surface area contributed by atoms with Crippen LogP contribution >= 0.6 is 0 Å². The number of carbonyl (C=O) groups is 2. The quantitative estimate of drug-likeness (QED) is 0.837. The van der Waals surface area contributed by atoms with Crippen molar-refractivity contribution in [1.29, 1.82) is 0 Å². The summed E-state index contributed by atoms with van der Waals surface area (Å²) in [5.74, 6) is -0.240. The molecule has 2 unspecified atom stereocenters. The topological polar surface area (TPSA) is 83.9 Å². The third-order valence-electron chi connectivity index (χ3n) is 4.51. The molecule has 7 nitrogen and oxygen atoms in total. The van der Waals surface area contributed by atoms with Crippen LogP contribution < -0.4 is 5.32 Å². The summed E-state index contributed by atoms with van der Waals surface area (Å²) < 4.78 is 0. The van der Waals surface area contributed by atoms with E-state index >= 15 is 0 Å². The summed E-state index contributed by atoms with van der Waals surface area (Å²) in [5, 5.41) is 6.87. The number of carbonyl (C=O) groups excluding carboxylic acids is 2. The Labute approximate surface area is 150 Å². The van der Waals surface area contributed by atoms with Crippen molar-refractivity contribution in [2.24, 2.45) is 5.16 Å². The van der Waals surface area contributed by atoms with Crippen LogP contribution in [0.25, 0.3) is 0 Å². The molecule has 1 aromatic carbocycles. The Hall–Kier alpha value is -3.22. The first-order valence-corrected chi connectivity index (χ1v) is 8.49. The SMILES string of the molecule is O=C1NC(CC2CC(c3ccccc3)=NO2)C(=O)N1Cc1cccnc1. The molecule has 3 heterocycles. The molecular formula is C19H18N4O3. The molecule has 0 bridgehead atoms. The van der Waals surface area contributed by atoms with Crippen molar-refractivity contribution < 1.29 is 14.4 Å². The molecule has 2 atom stereocenters. The number of rotatable bonds is 5. The van der Waals surface area contributed by atoms with Gasteiger partial charge in [0, 0.05) is 25.2 Å². The lowest BCUT2D eigenvalue weighted by atomic mass is 10.0. The minimum Gasteiger partial charge on any atom is -0.392 e. The van der Waals surface area contributed by atoms with Crippen molar-refractivity contribution in [3.8, 4) is 0 Å². The standard InChI is InChI=1S/C19H18N4O3/c24-18-17(21-19(25)23(18)12-13-5-4-8-20-11-13)10-15-9-16(22-26-15)14-6-2-1-3-7-14/h1-8,11,15,17H,9-10,12H2,(H,21,25). The number of aromatic nitrogens is 1. The molecule has 1 aromatic heterocycles. The zero-order valence-electron chi connectivity index (χ0n) is 14.0. The maximum absolute atomic E-state index is 12.6. The number of hydrogen-bond donors (Lipinski definition) is 1. The summed E-state index contributed by atoms with van der Waals surface area (Å²) >= 11 is 0. The third-order valence-corrected chi connectivity index (χ3v) is 4.51. The number of urea groups is 1. The lowest BCUT2D eigenvalue weighted by molar-refractivity contribution is -0.128. The maximum Gasteiger partial charge on any atom is 0.325 e. The summed E-state index contributed by atoms with van der Waals surface area (Å²) in [6.45, 7) is 0.215. The Morgan fingerprint density at radius 2 is 2.00 bits per heavy atom. The van der Waals surface area contributed by atoms with E-state index in [9.17, 15) is 9.59 Å². The fourth-order valence-corrected chi connectivity index (χ4v) is 3.18. The average molecular weight is 350 g/mol. The molecule has 3 amide bonds. The highest BCUT2D eigenvalue weighted by Gasteiger charge is 2.40. The molecule has 4 rings (SSSR count). The maximum atomic E-state index is 12.6. The molecule has 7 heteroatoms. The van der Waals surface area contributed by atoms with Gasteiger partial charge in [0.1, 0.15) is 12.1 Å². The number of nitrogens with zero attached hydrogens (tertiary/aromatic N) is 3. The van der Waals surface area contributed by atoms with Gasteiger partial charge in [0.05, 0.1) is 12.3 Å². The fraction of sp³-hybridized carbons (Fsp3) is 0.263. The summed E-state index contributed by atoms with van der Waals surface area (Å²) in [6.07, 6.45) is 4.09. The lowest BCUT2D eigenvalue weighted by Gasteiger charge is -2.14. The van der Waals surface area contributed by atoms with Gasteiger partial charge in [0.2, 0.25) is 0 Å². The van der Waals surface area contributed by atoms with E-state index in [1.54, 1.807) is 18.5 Å². The van der Waals surface area contributed by atoms with Gasteiger partial charge in [0.15, 0.2) is 0 Å². The van der Waals surface area contributed by atoms with Crippen molar-refractivity contribution in [3.05, 3.63) is 66.0 Å². The first kappa shape index (κ1) is 16.3. The Kier molecular flexibility index (Phi) is 4.35. The second kappa shape index (κ2) is 6.95. The number of benzene rings is 1. The molecule has 1 fully saturated rings. The molecule has 2 aromatic rings. The fourth-order valence-electron chi connectivity index (χ4n) is 3.18. The predicted molar refractivity (Wildman–Crippen MR) is 94.2 cm³/mol. The van der Waals surface area contributed by atoms with E-state index in [2.05, 4.69) is 15.5 Å². The molecule has 1 saturated heterocycles. The second-order valence-electron chi connectivity index (χ2n) is 6.36. The van der Waals surface area contributed by atoms with E-state index in [1.165, 1.54) is 4.90 Å². The average Bonchev–Trinajstić information content (AvgIpc) is 3.24. The zero-order valence-corrected chi connectivity index (χ0v) is 14.0. The van der Waals surface area contributed by atoms with Crippen molar-refractivity contribution in [2.75, 3.05) is 0 Å². The van der Waals surface area contributed by atoms with Crippen molar-refractivity contribution in [1.82, 2.24) is 15.2 Å². The number of imide groups is 1. The van der Waals surface area contributed by atoms with E-state index in [0.29, 0.717) is 12.8 Å². The Balaban J connectivity index is 1.36. The minimum absolute atomic E-state index is 0.215. The highest BCUT2D eigenvalue weighted by Crippen LogP contribution is 2.23. The molecule has 26 heavy (non-hydrogen) atoms. The van der Waals surface area contributed by atoms with Crippen LogP contribution in [0.4, 0.5) is 4.79 Å². The van der Waals surface area contributed by atoms with Gasteiger partial charge in [-0.05, 0) is 17.2 Å². The van der Waals surface area contributed by atoms with Crippen LogP contribution in [-0.4, -0.2) is 39.7 Å². The van der Waals surface area contributed by atoms with Gasteiger partial charge in [-0.1, -0.05) is 41.6 Å². The van der Waals surface area contributed by atoms with E-state index in [-0.39, 0.29) is 24.6 Å². The van der Waals surface area contributed by atoms with Crippen LogP contribution in [0.2, 0.25) is 0 Å². The van der Waals surface area contributed by atoms with Gasteiger partial charge in [-0.15, -0.1) is 0 Å². The van der Waals surface area contributed by atoms with E-state index in [0.717, 1.165) is 16.8 Å². The van der Waals surface area contributed by atoms with Crippen molar-refractivity contribution >= 4 is 17.6 Å². The number of pyridine rings is 1. The van der Waals surface area contributed by atoms with Crippen LogP contribution in [0.15, 0.2) is 60.0 Å². The molecule has 0 aliphatic carbocycles. The Morgan fingerprint density at radius 1 is 1.15 bits per heavy atom. The van der Waals surface area contributed by atoms with Crippen molar-refractivity contribution in [2.45, 2.75) is 31.5 Å². The number of oxime groups is 1. The molecule has 1 N–H and O–H groups in total. The van der Waals surface area contributed by atoms with E-state index in [4.69, 9.17) is 4.84 Å². The van der Waals surface area contributed by atoms with Gasteiger partial charge in [0.25, 0.3) is 5.91 Å². The predicted octanol–water partition coefficient (Wildman–Crippen LogP) is 2.09. The first-order valence-electron chi connectivity index (χ1n) is 8.49. The van der Waals surface area contributed by atoms with Gasteiger partial charge >= 0.3 is 6.03 Å². The molecule has 0 spiro atoms. The first-order chi connectivity index (χ1) is 12.7. The van der Waals surface area contributed by atoms with E-state index < -0.39 is 6.04 Å². The summed E-state index contributed by atoms with van der Waals surface area (Å²) in [6, 6.07) is 12.4. The molecule has 132 valence electrons. The number of hydrogen-bond acceptors (Lipinski definition) is 5. The van der Waals surface area contributed by atoms with Crippen molar-refractivity contribution in [3.63, 3.8) is 0 Å². The van der Waals surface area contributed by atoms with Crippen LogP contribution in [-0.2, 0) is 16.2 Å². The van der Waals surface area contributed by atoms with Gasteiger partial charge < -0.3 is 10.2 Å². The van der Waals surface area contributed by atoms with Crippen LogP contribution in [0.3, 0.4) is 0 Å². The molecular weight excluding hydrogens is 332 g/mol. The zero-order chi connectivity index (χ0) is 17.9. The van der Waals surface area contributed by atoms with Gasteiger partial charge in [-0.3, -0.25) is 14.7 Å². The number of amides is 3. The van der Waals surface area contributed by atoms with Crippen LogP contribution in [0.5, 0.6) is 0 Å².